The lowest BCUT2D eigenvalue weighted by Crippen LogP contribution is -2.52. The van der Waals surface area contributed by atoms with Crippen LogP contribution in [-0.4, -0.2) is 54.1 Å². The molecule has 1 fully saturated rings. The summed E-state index contributed by atoms with van der Waals surface area (Å²) in [5.74, 6) is 2.73. The molecule has 0 saturated carbocycles. The second-order valence-corrected chi connectivity index (χ2v) is 7.24. The van der Waals surface area contributed by atoms with E-state index in [4.69, 9.17) is 8.94 Å². The number of halogens is 1. The normalized spacial score (nSPS) is 15.6. The molecule has 0 unspecified atom stereocenters. The van der Waals surface area contributed by atoms with Crippen LogP contribution in [0.3, 0.4) is 0 Å². The van der Waals surface area contributed by atoms with Crippen molar-refractivity contribution in [1.29, 1.82) is 0 Å². The summed E-state index contributed by atoms with van der Waals surface area (Å²) in [6.45, 7) is 9.28. The van der Waals surface area contributed by atoms with Gasteiger partial charge in [-0.25, -0.2) is 0 Å². The van der Waals surface area contributed by atoms with Gasteiger partial charge in [-0.05, 0) is 19.9 Å². The lowest BCUT2D eigenvalue weighted by atomic mass is 10.1. The first kappa shape index (κ1) is 21.6. The number of fused-ring (bicyclic) bond motifs is 1. The lowest BCUT2D eigenvalue weighted by Gasteiger charge is -2.36. The van der Waals surface area contributed by atoms with Crippen LogP contribution in [-0.2, 0) is 13.1 Å². The van der Waals surface area contributed by atoms with Crippen molar-refractivity contribution in [2.24, 2.45) is 4.99 Å². The fraction of sp³-hybridized carbons (Fsp3) is 0.429. The topological polar surface area (TPSA) is 70.0 Å². The van der Waals surface area contributed by atoms with E-state index in [9.17, 15) is 0 Å². The Balaban J connectivity index is 0.00000240. The Morgan fingerprint density at radius 1 is 1.17 bits per heavy atom. The molecule has 0 aliphatic carbocycles. The Morgan fingerprint density at radius 3 is 2.59 bits per heavy atom. The number of aromatic nitrogens is 1. The van der Waals surface area contributed by atoms with Gasteiger partial charge in [-0.3, -0.25) is 9.89 Å². The molecule has 0 atom stereocenters. The first-order chi connectivity index (χ1) is 13.6. The number of aliphatic imine (C=N–C) groups is 1. The van der Waals surface area contributed by atoms with Crippen molar-refractivity contribution in [1.82, 2.24) is 20.3 Å². The van der Waals surface area contributed by atoms with Crippen LogP contribution >= 0.6 is 24.0 Å². The van der Waals surface area contributed by atoms with Crippen molar-refractivity contribution < 1.29 is 8.94 Å². The van der Waals surface area contributed by atoms with Crippen LogP contribution in [0.5, 0.6) is 0 Å². The van der Waals surface area contributed by atoms with Gasteiger partial charge in [0.05, 0.1) is 12.2 Å². The van der Waals surface area contributed by atoms with Crippen molar-refractivity contribution in [2.45, 2.75) is 26.9 Å². The van der Waals surface area contributed by atoms with Crippen LogP contribution in [0.1, 0.15) is 22.8 Å². The maximum Gasteiger partial charge on any atom is 0.194 e. The SMILES string of the molecule is CN=C(NCc1oc2ccccc2c1C)N1CCN(Cc2cc(C)on2)CC1.I. The molecule has 4 rings (SSSR count). The Bertz CT molecular complexity index is 973. The summed E-state index contributed by atoms with van der Waals surface area (Å²) in [4.78, 5) is 9.15. The third kappa shape index (κ3) is 4.92. The average molecular weight is 509 g/mol. The highest BCUT2D eigenvalue weighted by molar-refractivity contribution is 14.0. The largest absolute Gasteiger partial charge is 0.459 e. The monoisotopic (exact) mass is 509 g/mol. The molecule has 8 heteroatoms. The Hall–Kier alpha value is -2.07. The van der Waals surface area contributed by atoms with Crippen LogP contribution < -0.4 is 5.32 Å². The van der Waals surface area contributed by atoms with E-state index in [1.807, 2.05) is 38.2 Å². The standard InChI is InChI=1S/C21H27N5O2.HI/c1-15-12-17(24-28-15)14-25-8-10-26(11-9-25)21(22-3)23-13-20-16(2)18-6-4-5-7-19(18)27-20;/h4-7,12H,8-11,13-14H2,1-3H3,(H,22,23);1H. The molecular weight excluding hydrogens is 481 g/mol. The molecule has 1 N–H and O–H groups in total. The number of hydrogen-bond acceptors (Lipinski definition) is 5. The van der Waals surface area contributed by atoms with E-state index in [1.54, 1.807) is 0 Å². The minimum atomic E-state index is 0. The van der Waals surface area contributed by atoms with Crippen molar-refractivity contribution >= 4 is 40.9 Å². The van der Waals surface area contributed by atoms with Crippen molar-refractivity contribution in [3.05, 3.63) is 53.1 Å². The summed E-state index contributed by atoms with van der Waals surface area (Å²) in [6.07, 6.45) is 0. The molecule has 1 saturated heterocycles. The van der Waals surface area contributed by atoms with E-state index in [2.05, 4.69) is 38.3 Å². The number of benzene rings is 1. The van der Waals surface area contributed by atoms with E-state index in [0.717, 1.165) is 61.5 Å². The second-order valence-electron chi connectivity index (χ2n) is 7.24. The van der Waals surface area contributed by atoms with Crippen LogP contribution in [0.4, 0.5) is 0 Å². The quantitative estimate of drug-likeness (QED) is 0.330. The molecule has 1 aliphatic heterocycles. The highest BCUT2D eigenvalue weighted by Crippen LogP contribution is 2.24. The van der Waals surface area contributed by atoms with Gasteiger partial charge in [-0.2, -0.15) is 0 Å². The molecule has 7 nitrogen and oxygen atoms in total. The lowest BCUT2D eigenvalue weighted by molar-refractivity contribution is 0.168. The molecule has 0 amide bonds. The van der Waals surface area contributed by atoms with Gasteiger partial charge in [-0.15, -0.1) is 24.0 Å². The molecule has 1 aromatic carbocycles. The number of piperazine rings is 1. The van der Waals surface area contributed by atoms with E-state index in [1.165, 1.54) is 10.9 Å². The van der Waals surface area contributed by atoms with Crippen LogP contribution in [0.2, 0.25) is 0 Å². The molecular formula is C21H28IN5O2. The van der Waals surface area contributed by atoms with Crippen LogP contribution in [0.15, 0.2) is 44.3 Å². The predicted molar refractivity (Wildman–Crippen MR) is 125 cm³/mol. The van der Waals surface area contributed by atoms with Crippen LogP contribution in [0.25, 0.3) is 11.0 Å². The number of aryl methyl sites for hydroxylation is 2. The molecule has 29 heavy (non-hydrogen) atoms. The fourth-order valence-electron chi connectivity index (χ4n) is 3.72. The van der Waals surface area contributed by atoms with E-state index >= 15 is 0 Å². The third-order valence-electron chi connectivity index (χ3n) is 5.30. The zero-order valence-electron chi connectivity index (χ0n) is 17.1. The summed E-state index contributed by atoms with van der Waals surface area (Å²) in [5, 5.41) is 8.73. The van der Waals surface area contributed by atoms with Gasteiger partial charge in [0.25, 0.3) is 0 Å². The van der Waals surface area contributed by atoms with Crippen LogP contribution in [0, 0.1) is 13.8 Å². The minimum Gasteiger partial charge on any atom is -0.459 e. The van der Waals surface area contributed by atoms with Crippen molar-refractivity contribution in [3.8, 4) is 0 Å². The molecule has 3 heterocycles. The maximum atomic E-state index is 6.01. The molecule has 1 aliphatic rings. The number of hydrogen-bond donors (Lipinski definition) is 1. The second kappa shape index (κ2) is 9.62. The minimum absolute atomic E-state index is 0. The number of nitrogens with one attached hydrogen (secondary N) is 1. The Morgan fingerprint density at radius 2 is 1.93 bits per heavy atom. The van der Waals surface area contributed by atoms with Gasteiger partial charge >= 0.3 is 0 Å². The first-order valence-electron chi connectivity index (χ1n) is 9.71. The molecule has 0 spiro atoms. The molecule has 2 aromatic heterocycles. The van der Waals surface area contributed by atoms with Gasteiger partial charge in [-0.1, -0.05) is 23.4 Å². The Labute approximate surface area is 188 Å². The summed E-state index contributed by atoms with van der Waals surface area (Å²) in [5.41, 5.74) is 3.11. The zero-order chi connectivity index (χ0) is 19.5. The maximum absolute atomic E-state index is 6.01. The molecule has 3 aromatic rings. The number of guanidine groups is 1. The first-order valence-corrected chi connectivity index (χ1v) is 9.71. The van der Waals surface area contributed by atoms with Gasteiger partial charge in [0.1, 0.15) is 17.1 Å². The number of nitrogens with zero attached hydrogens (tertiary/aromatic N) is 4. The summed E-state index contributed by atoms with van der Waals surface area (Å²) in [6, 6.07) is 10.2. The van der Waals surface area contributed by atoms with E-state index in [-0.39, 0.29) is 24.0 Å². The number of rotatable bonds is 4. The van der Waals surface area contributed by atoms with Gasteiger partial charge in [0, 0.05) is 56.8 Å². The van der Waals surface area contributed by atoms with Gasteiger partial charge < -0.3 is 19.2 Å². The van der Waals surface area contributed by atoms with Crippen molar-refractivity contribution in [3.63, 3.8) is 0 Å². The van der Waals surface area contributed by atoms with E-state index in [0.29, 0.717) is 6.54 Å². The van der Waals surface area contributed by atoms with Crippen molar-refractivity contribution in [2.75, 3.05) is 33.2 Å². The highest BCUT2D eigenvalue weighted by atomic mass is 127. The molecule has 156 valence electrons. The summed E-state index contributed by atoms with van der Waals surface area (Å²) >= 11 is 0. The molecule has 0 radical (unpaired) electrons. The van der Waals surface area contributed by atoms with E-state index < -0.39 is 0 Å². The van der Waals surface area contributed by atoms with Gasteiger partial charge in [0.15, 0.2) is 5.96 Å². The zero-order valence-corrected chi connectivity index (χ0v) is 19.5. The predicted octanol–water partition coefficient (Wildman–Crippen LogP) is 3.55. The fourth-order valence-corrected chi connectivity index (χ4v) is 3.72. The number of para-hydroxylation sites is 1. The number of furan rings is 1. The third-order valence-corrected chi connectivity index (χ3v) is 5.30. The molecule has 0 bridgehead atoms. The smallest absolute Gasteiger partial charge is 0.194 e. The van der Waals surface area contributed by atoms with Gasteiger partial charge in [0.2, 0.25) is 0 Å². The summed E-state index contributed by atoms with van der Waals surface area (Å²) < 4.78 is 11.2. The highest BCUT2D eigenvalue weighted by Gasteiger charge is 2.21. The summed E-state index contributed by atoms with van der Waals surface area (Å²) in [7, 11) is 1.83. The Kier molecular flexibility index (Phi) is 7.18. The average Bonchev–Trinajstić information content (AvgIpc) is 3.27.